The van der Waals surface area contributed by atoms with Gasteiger partial charge < -0.3 is 14.6 Å². The van der Waals surface area contributed by atoms with Gasteiger partial charge in [-0.2, -0.15) is 0 Å². The fourth-order valence-corrected chi connectivity index (χ4v) is 2.55. The van der Waals surface area contributed by atoms with Crippen LogP contribution in [-0.4, -0.2) is 33.6 Å². The van der Waals surface area contributed by atoms with Crippen molar-refractivity contribution in [1.82, 2.24) is 10.2 Å². The smallest absolute Gasteiger partial charge is 0.294 e. The molecule has 0 saturated carbocycles. The molecule has 2 rings (SSSR count). The van der Waals surface area contributed by atoms with Crippen LogP contribution in [0.5, 0.6) is 5.19 Å². The molecule has 0 radical (unpaired) electrons. The molecule has 0 bridgehead atoms. The predicted molar refractivity (Wildman–Crippen MR) is 59.5 cm³/mol. The Morgan fingerprint density at radius 1 is 1.38 bits per heavy atom. The quantitative estimate of drug-likeness (QED) is 0.870. The van der Waals surface area contributed by atoms with E-state index in [2.05, 4.69) is 10.2 Å². The first kappa shape index (κ1) is 11.8. The van der Waals surface area contributed by atoms with Gasteiger partial charge in [-0.3, -0.25) is 0 Å². The predicted octanol–water partition coefficient (Wildman–Crippen LogP) is 1.37. The van der Waals surface area contributed by atoms with E-state index < -0.39 is 0 Å². The molecule has 16 heavy (non-hydrogen) atoms. The van der Waals surface area contributed by atoms with E-state index in [1.54, 1.807) is 0 Å². The van der Waals surface area contributed by atoms with Crippen molar-refractivity contribution in [1.29, 1.82) is 0 Å². The van der Waals surface area contributed by atoms with Crippen molar-refractivity contribution in [3.8, 4) is 5.19 Å². The molecule has 0 aromatic carbocycles. The number of nitrogens with zero attached hydrogens (tertiary/aromatic N) is 2. The molecule has 0 amide bonds. The molecule has 1 N–H and O–H groups in total. The van der Waals surface area contributed by atoms with E-state index >= 15 is 0 Å². The van der Waals surface area contributed by atoms with E-state index in [0.29, 0.717) is 10.2 Å². The molecule has 1 aliphatic heterocycles. The topological polar surface area (TPSA) is 64.5 Å². The zero-order valence-electron chi connectivity index (χ0n) is 9.42. The molecule has 1 aromatic rings. The third kappa shape index (κ3) is 2.90. The summed E-state index contributed by atoms with van der Waals surface area (Å²) in [5.74, 6) is 0. The summed E-state index contributed by atoms with van der Waals surface area (Å²) >= 11 is 1.29. The first-order valence-corrected chi connectivity index (χ1v) is 6.24. The van der Waals surface area contributed by atoms with Crippen molar-refractivity contribution >= 4 is 11.3 Å². The Hall–Kier alpha value is -0.720. The zero-order chi connectivity index (χ0) is 11.5. The maximum absolute atomic E-state index is 8.87. The van der Waals surface area contributed by atoms with Crippen molar-refractivity contribution < 1.29 is 14.6 Å². The Labute approximate surface area is 98.4 Å². The molecule has 1 aromatic heterocycles. The summed E-state index contributed by atoms with van der Waals surface area (Å²) in [5.41, 5.74) is 0. The Bertz CT molecular complexity index is 335. The van der Waals surface area contributed by atoms with Gasteiger partial charge >= 0.3 is 0 Å². The maximum Gasteiger partial charge on any atom is 0.294 e. The van der Waals surface area contributed by atoms with E-state index in [1.165, 1.54) is 11.3 Å². The van der Waals surface area contributed by atoms with Gasteiger partial charge in [0.05, 0.1) is 18.8 Å². The van der Waals surface area contributed by atoms with Crippen LogP contribution in [0.15, 0.2) is 0 Å². The third-order valence-electron chi connectivity index (χ3n) is 2.51. The first-order chi connectivity index (χ1) is 7.67. The highest BCUT2D eigenvalue weighted by Crippen LogP contribution is 2.26. The van der Waals surface area contributed by atoms with Gasteiger partial charge in [-0.25, -0.2) is 0 Å². The summed E-state index contributed by atoms with van der Waals surface area (Å²) in [6, 6.07) is 0. The standard InChI is InChI=1S/C10H16N2O3S/c1-6-3-8(4-7(2)14-6)15-10-12-11-9(5-13)16-10/h6-8,13H,3-5H2,1-2H3. The zero-order valence-corrected chi connectivity index (χ0v) is 10.2. The van der Waals surface area contributed by atoms with Crippen molar-refractivity contribution in [2.75, 3.05) is 0 Å². The molecule has 0 aliphatic carbocycles. The van der Waals surface area contributed by atoms with Gasteiger partial charge in [-0.15, -0.1) is 5.10 Å². The van der Waals surface area contributed by atoms with E-state index in [9.17, 15) is 0 Å². The fourth-order valence-electron chi connectivity index (χ4n) is 1.93. The minimum Gasteiger partial charge on any atom is -0.465 e. The molecule has 6 heteroatoms. The molecule has 2 heterocycles. The van der Waals surface area contributed by atoms with E-state index in [0.717, 1.165) is 12.8 Å². The lowest BCUT2D eigenvalue weighted by molar-refractivity contribution is -0.0722. The number of hydrogen-bond acceptors (Lipinski definition) is 6. The average molecular weight is 244 g/mol. The Morgan fingerprint density at radius 2 is 2.06 bits per heavy atom. The summed E-state index contributed by atoms with van der Waals surface area (Å²) in [7, 11) is 0. The van der Waals surface area contributed by atoms with Gasteiger partial charge in [0.1, 0.15) is 11.1 Å². The highest BCUT2D eigenvalue weighted by atomic mass is 32.1. The largest absolute Gasteiger partial charge is 0.465 e. The molecule has 1 saturated heterocycles. The van der Waals surface area contributed by atoms with Gasteiger partial charge in [0.2, 0.25) is 0 Å². The molecule has 1 fully saturated rings. The number of aliphatic hydroxyl groups is 1. The van der Waals surface area contributed by atoms with Crippen LogP contribution in [0.4, 0.5) is 0 Å². The normalized spacial score (nSPS) is 30.3. The number of aromatic nitrogens is 2. The first-order valence-electron chi connectivity index (χ1n) is 5.42. The van der Waals surface area contributed by atoms with Crippen LogP contribution in [0.2, 0.25) is 0 Å². The van der Waals surface area contributed by atoms with E-state index in [1.807, 2.05) is 13.8 Å². The number of hydrogen-bond donors (Lipinski definition) is 1. The molecular weight excluding hydrogens is 228 g/mol. The molecule has 0 spiro atoms. The lowest BCUT2D eigenvalue weighted by Gasteiger charge is -2.31. The van der Waals surface area contributed by atoms with Crippen molar-refractivity contribution in [3.63, 3.8) is 0 Å². The van der Waals surface area contributed by atoms with Gasteiger partial charge in [-0.1, -0.05) is 16.4 Å². The van der Waals surface area contributed by atoms with Gasteiger partial charge in [-0.05, 0) is 13.8 Å². The second-order valence-electron chi connectivity index (χ2n) is 4.09. The minimum atomic E-state index is -0.0817. The number of ether oxygens (including phenoxy) is 2. The molecule has 1 aliphatic rings. The fraction of sp³-hybridized carbons (Fsp3) is 0.800. The van der Waals surface area contributed by atoms with Crippen LogP contribution in [0.25, 0.3) is 0 Å². The summed E-state index contributed by atoms with van der Waals surface area (Å²) in [5, 5.41) is 17.7. The Kier molecular flexibility index (Phi) is 3.73. The van der Waals surface area contributed by atoms with Crippen LogP contribution >= 0.6 is 11.3 Å². The average Bonchev–Trinajstić information content (AvgIpc) is 2.64. The van der Waals surface area contributed by atoms with Crippen LogP contribution in [0.1, 0.15) is 31.7 Å². The molecule has 90 valence electrons. The maximum atomic E-state index is 8.87. The van der Waals surface area contributed by atoms with Gasteiger partial charge in [0, 0.05) is 12.8 Å². The van der Waals surface area contributed by atoms with Gasteiger partial charge in [0.25, 0.3) is 5.19 Å². The van der Waals surface area contributed by atoms with E-state index in [4.69, 9.17) is 14.6 Å². The summed E-state index contributed by atoms with van der Waals surface area (Å²) in [6.45, 7) is 4.01. The molecular formula is C10H16N2O3S. The van der Waals surface area contributed by atoms with Crippen LogP contribution in [0, 0.1) is 0 Å². The molecule has 2 atom stereocenters. The second kappa shape index (κ2) is 5.07. The lowest BCUT2D eigenvalue weighted by atomic mass is 10.0. The van der Waals surface area contributed by atoms with Crippen LogP contribution < -0.4 is 4.74 Å². The minimum absolute atomic E-state index is 0.0817. The Morgan fingerprint density at radius 3 is 2.62 bits per heavy atom. The summed E-state index contributed by atoms with van der Waals surface area (Å²) in [4.78, 5) is 0. The van der Waals surface area contributed by atoms with Crippen molar-refractivity contribution in [2.24, 2.45) is 0 Å². The Balaban J connectivity index is 1.93. The highest BCUT2D eigenvalue weighted by molar-refractivity contribution is 7.13. The summed E-state index contributed by atoms with van der Waals surface area (Å²) < 4.78 is 11.4. The SMILES string of the molecule is CC1CC(Oc2nnc(CO)s2)CC(C)O1. The molecule has 5 nitrogen and oxygen atoms in total. The summed E-state index contributed by atoms with van der Waals surface area (Å²) in [6.07, 6.45) is 2.33. The molecule has 2 unspecified atom stereocenters. The van der Waals surface area contributed by atoms with Crippen molar-refractivity contribution in [2.45, 2.75) is 51.6 Å². The van der Waals surface area contributed by atoms with E-state index in [-0.39, 0.29) is 24.9 Å². The lowest BCUT2D eigenvalue weighted by Crippen LogP contribution is -2.35. The van der Waals surface area contributed by atoms with Gasteiger partial charge in [0.15, 0.2) is 0 Å². The van der Waals surface area contributed by atoms with Crippen LogP contribution in [-0.2, 0) is 11.3 Å². The number of rotatable bonds is 3. The van der Waals surface area contributed by atoms with Crippen molar-refractivity contribution in [3.05, 3.63) is 5.01 Å². The second-order valence-corrected chi connectivity index (χ2v) is 5.11. The monoisotopic (exact) mass is 244 g/mol. The number of aliphatic hydroxyl groups excluding tert-OH is 1. The highest BCUT2D eigenvalue weighted by Gasteiger charge is 2.26. The third-order valence-corrected chi connectivity index (χ3v) is 3.30. The van der Waals surface area contributed by atoms with Crippen LogP contribution in [0.3, 0.4) is 0 Å².